The summed E-state index contributed by atoms with van der Waals surface area (Å²) in [7, 11) is -2.08. The van der Waals surface area contributed by atoms with Crippen LogP contribution in [0.5, 0.6) is 0 Å². The van der Waals surface area contributed by atoms with Crippen LogP contribution >= 0.6 is 34.8 Å². The summed E-state index contributed by atoms with van der Waals surface area (Å²) in [5.74, 6) is -0.364. The molecule has 2 rings (SSSR count). The third-order valence-corrected chi connectivity index (χ3v) is 5.76. The van der Waals surface area contributed by atoms with Crippen LogP contribution in [0, 0.1) is 0 Å². The highest BCUT2D eigenvalue weighted by Gasteiger charge is 2.23. The maximum absolute atomic E-state index is 12.5. The van der Waals surface area contributed by atoms with Crippen LogP contribution in [-0.4, -0.2) is 39.1 Å². The second-order valence-electron chi connectivity index (χ2n) is 5.74. The lowest BCUT2D eigenvalue weighted by Crippen LogP contribution is -2.41. The van der Waals surface area contributed by atoms with Gasteiger partial charge in [-0.1, -0.05) is 46.9 Å². The number of carbonyl (C=O) groups excluding carboxylic acids is 1. The molecule has 9 heteroatoms. The number of amides is 1. The van der Waals surface area contributed by atoms with Crippen LogP contribution in [0.25, 0.3) is 0 Å². The predicted octanol–water partition coefficient (Wildman–Crippen LogP) is 4.07. The van der Waals surface area contributed by atoms with E-state index in [4.69, 9.17) is 34.8 Å². The van der Waals surface area contributed by atoms with Crippen LogP contribution in [0.3, 0.4) is 0 Å². The lowest BCUT2D eigenvalue weighted by atomic mass is 10.2. The number of nitrogens with zero attached hydrogens (tertiary/aromatic N) is 2. The molecule has 0 bridgehead atoms. The number of anilines is 1. The van der Waals surface area contributed by atoms with Gasteiger partial charge in [0.25, 0.3) is 0 Å². The minimum Gasteiger partial charge on any atom is -0.340 e. The third kappa shape index (κ3) is 5.51. The zero-order valence-electron chi connectivity index (χ0n) is 14.1. The molecule has 0 radical (unpaired) electrons. The number of hydrogen-bond donors (Lipinski definition) is 0. The van der Waals surface area contributed by atoms with E-state index in [0.717, 1.165) is 16.1 Å². The van der Waals surface area contributed by atoms with E-state index in [1.165, 1.54) is 23.1 Å². The Bertz CT molecular complexity index is 902. The molecule has 0 aromatic heterocycles. The Morgan fingerprint density at radius 3 is 2.15 bits per heavy atom. The van der Waals surface area contributed by atoms with Crippen molar-refractivity contribution in [2.45, 2.75) is 6.54 Å². The van der Waals surface area contributed by atoms with Gasteiger partial charge in [0.15, 0.2) is 0 Å². The van der Waals surface area contributed by atoms with Gasteiger partial charge in [0.2, 0.25) is 15.9 Å². The lowest BCUT2D eigenvalue weighted by molar-refractivity contribution is -0.128. The number of halogens is 3. The van der Waals surface area contributed by atoms with Crippen molar-refractivity contribution in [3.63, 3.8) is 0 Å². The van der Waals surface area contributed by atoms with E-state index in [1.54, 1.807) is 31.3 Å². The van der Waals surface area contributed by atoms with Crippen LogP contribution in [0.4, 0.5) is 5.69 Å². The van der Waals surface area contributed by atoms with Crippen molar-refractivity contribution < 1.29 is 13.2 Å². The highest BCUT2D eigenvalue weighted by molar-refractivity contribution is 7.92. The van der Waals surface area contributed by atoms with Gasteiger partial charge >= 0.3 is 0 Å². The largest absolute Gasteiger partial charge is 0.340 e. The molecule has 0 aliphatic rings. The average Bonchev–Trinajstić information content (AvgIpc) is 2.56. The maximum Gasteiger partial charge on any atom is 0.243 e. The molecular formula is C17H17Cl3N2O3S. The average molecular weight is 436 g/mol. The first kappa shape index (κ1) is 20.8. The first-order valence-corrected chi connectivity index (χ1v) is 10.5. The molecular weight excluding hydrogens is 419 g/mol. The fraction of sp³-hybridized carbons (Fsp3) is 0.235. The molecule has 5 nitrogen and oxygen atoms in total. The summed E-state index contributed by atoms with van der Waals surface area (Å²) >= 11 is 17.7. The second-order valence-corrected chi connectivity index (χ2v) is 8.90. The van der Waals surface area contributed by atoms with E-state index in [2.05, 4.69) is 0 Å². The fourth-order valence-electron chi connectivity index (χ4n) is 2.24. The zero-order valence-corrected chi connectivity index (χ0v) is 17.2. The van der Waals surface area contributed by atoms with Crippen LogP contribution in [0.2, 0.25) is 15.1 Å². The summed E-state index contributed by atoms with van der Waals surface area (Å²) in [6.07, 6.45) is 1.03. The van der Waals surface area contributed by atoms with Crippen molar-refractivity contribution in [2.75, 3.05) is 24.2 Å². The Labute approximate surface area is 168 Å². The van der Waals surface area contributed by atoms with Gasteiger partial charge in [0, 0.05) is 18.6 Å². The second kappa shape index (κ2) is 8.48. The highest BCUT2D eigenvalue weighted by Crippen LogP contribution is 2.28. The van der Waals surface area contributed by atoms with Crippen LogP contribution in [0.1, 0.15) is 5.56 Å². The molecule has 0 saturated heterocycles. The van der Waals surface area contributed by atoms with Gasteiger partial charge in [-0.05, 0) is 35.9 Å². The molecule has 0 aliphatic heterocycles. The van der Waals surface area contributed by atoms with Crippen molar-refractivity contribution >= 4 is 56.4 Å². The van der Waals surface area contributed by atoms with Crippen molar-refractivity contribution in [2.24, 2.45) is 0 Å². The van der Waals surface area contributed by atoms with E-state index >= 15 is 0 Å². The number of hydrogen-bond acceptors (Lipinski definition) is 3. The summed E-state index contributed by atoms with van der Waals surface area (Å²) in [5, 5.41) is 1.11. The van der Waals surface area contributed by atoms with Gasteiger partial charge in [-0.15, -0.1) is 0 Å². The summed E-state index contributed by atoms with van der Waals surface area (Å²) in [4.78, 5) is 14.0. The van der Waals surface area contributed by atoms with Crippen LogP contribution < -0.4 is 4.31 Å². The number of carbonyl (C=O) groups is 1. The standard InChI is InChI=1S/C17H17Cl3N2O3S/c1-21(10-12-3-5-13(18)6-4-12)17(23)11-22(26(2,24)25)14-7-8-15(19)16(20)9-14/h3-9H,10-11H2,1-2H3. The van der Waals surface area contributed by atoms with Gasteiger partial charge in [0.1, 0.15) is 6.54 Å². The molecule has 0 fully saturated rings. The number of likely N-dealkylation sites (N-methyl/N-ethyl adjacent to an activating group) is 1. The smallest absolute Gasteiger partial charge is 0.243 e. The highest BCUT2D eigenvalue weighted by atomic mass is 35.5. The molecule has 1 amide bonds. The van der Waals surface area contributed by atoms with Gasteiger partial charge in [-0.2, -0.15) is 0 Å². The molecule has 2 aromatic rings. The monoisotopic (exact) mass is 434 g/mol. The Balaban J connectivity index is 2.18. The van der Waals surface area contributed by atoms with E-state index < -0.39 is 10.0 Å². The lowest BCUT2D eigenvalue weighted by Gasteiger charge is -2.25. The Hall–Kier alpha value is -1.47. The fourth-order valence-corrected chi connectivity index (χ4v) is 3.50. The van der Waals surface area contributed by atoms with Gasteiger partial charge in [0.05, 0.1) is 22.0 Å². The first-order chi connectivity index (χ1) is 12.1. The van der Waals surface area contributed by atoms with E-state index in [-0.39, 0.29) is 23.2 Å². The quantitative estimate of drug-likeness (QED) is 0.687. The van der Waals surface area contributed by atoms with Crippen LogP contribution in [-0.2, 0) is 21.4 Å². The zero-order chi connectivity index (χ0) is 19.5. The number of rotatable bonds is 6. The van der Waals surface area contributed by atoms with Gasteiger partial charge in [-0.25, -0.2) is 8.42 Å². The summed E-state index contributed by atoms with van der Waals surface area (Å²) < 4.78 is 25.3. The van der Waals surface area contributed by atoms with Crippen molar-refractivity contribution in [1.82, 2.24) is 4.90 Å². The number of sulfonamides is 1. The Morgan fingerprint density at radius 2 is 1.62 bits per heavy atom. The van der Waals surface area contributed by atoms with E-state index in [0.29, 0.717) is 16.6 Å². The SMILES string of the molecule is CN(Cc1ccc(Cl)cc1)C(=O)CN(c1ccc(Cl)c(Cl)c1)S(C)(=O)=O. The molecule has 0 saturated carbocycles. The molecule has 0 aliphatic carbocycles. The topological polar surface area (TPSA) is 57.7 Å². The summed E-state index contributed by atoms with van der Waals surface area (Å²) in [6.45, 7) is -0.0180. The third-order valence-electron chi connectivity index (χ3n) is 3.63. The molecule has 2 aromatic carbocycles. The minimum atomic E-state index is -3.69. The van der Waals surface area contributed by atoms with Crippen molar-refractivity contribution in [3.05, 3.63) is 63.1 Å². The minimum absolute atomic E-state index is 0.208. The molecule has 0 N–H and O–H groups in total. The molecule has 140 valence electrons. The molecule has 0 heterocycles. The van der Waals surface area contributed by atoms with E-state index in [1.807, 2.05) is 0 Å². The first-order valence-electron chi connectivity index (χ1n) is 7.49. The van der Waals surface area contributed by atoms with Crippen molar-refractivity contribution in [1.29, 1.82) is 0 Å². The molecule has 26 heavy (non-hydrogen) atoms. The maximum atomic E-state index is 12.5. The summed E-state index contributed by atoms with van der Waals surface area (Å²) in [5.41, 5.74) is 1.15. The predicted molar refractivity (Wildman–Crippen MR) is 107 cm³/mol. The number of benzene rings is 2. The normalized spacial score (nSPS) is 11.3. The Morgan fingerprint density at radius 1 is 1.00 bits per heavy atom. The molecule has 0 spiro atoms. The van der Waals surface area contributed by atoms with Gasteiger partial charge in [-0.3, -0.25) is 9.10 Å². The van der Waals surface area contributed by atoms with E-state index in [9.17, 15) is 13.2 Å². The Kier molecular flexibility index (Phi) is 6.80. The molecule has 0 atom stereocenters. The van der Waals surface area contributed by atoms with Crippen molar-refractivity contribution in [3.8, 4) is 0 Å². The van der Waals surface area contributed by atoms with Crippen LogP contribution in [0.15, 0.2) is 42.5 Å². The molecule has 0 unspecified atom stereocenters. The van der Waals surface area contributed by atoms with Gasteiger partial charge < -0.3 is 4.90 Å². The summed E-state index contributed by atoms with van der Waals surface area (Å²) in [6, 6.07) is 11.5.